The third kappa shape index (κ3) is 7.62. The fourth-order valence-electron chi connectivity index (χ4n) is 2.97. The molecular formula is C20H35N5O2. The Labute approximate surface area is 163 Å². The smallest absolute Gasteiger partial charge is 0.234 e. The van der Waals surface area contributed by atoms with Gasteiger partial charge < -0.3 is 20.0 Å². The van der Waals surface area contributed by atoms with Crippen LogP contribution in [0.4, 0.5) is 0 Å². The van der Waals surface area contributed by atoms with Gasteiger partial charge in [-0.3, -0.25) is 14.7 Å². The fourth-order valence-corrected chi connectivity index (χ4v) is 2.97. The van der Waals surface area contributed by atoms with E-state index in [2.05, 4.69) is 34.3 Å². The van der Waals surface area contributed by atoms with Gasteiger partial charge in [0.2, 0.25) is 5.91 Å². The predicted molar refractivity (Wildman–Crippen MR) is 109 cm³/mol. The van der Waals surface area contributed by atoms with E-state index in [-0.39, 0.29) is 11.9 Å². The van der Waals surface area contributed by atoms with E-state index in [9.17, 15) is 4.79 Å². The molecule has 0 aliphatic carbocycles. The lowest BCUT2D eigenvalue weighted by Crippen LogP contribution is -2.55. The molecule has 1 fully saturated rings. The van der Waals surface area contributed by atoms with Crippen LogP contribution in [-0.4, -0.2) is 73.0 Å². The van der Waals surface area contributed by atoms with Gasteiger partial charge in [-0.2, -0.15) is 0 Å². The van der Waals surface area contributed by atoms with Crippen molar-refractivity contribution in [3.63, 3.8) is 0 Å². The molecule has 0 bridgehead atoms. The normalized spacial score (nSPS) is 17.2. The molecule has 1 aliphatic heterocycles. The van der Waals surface area contributed by atoms with Crippen molar-refractivity contribution in [3.8, 4) is 0 Å². The molecule has 0 spiro atoms. The van der Waals surface area contributed by atoms with E-state index in [1.165, 1.54) is 0 Å². The second-order valence-electron chi connectivity index (χ2n) is 7.47. The molecule has 1 aromatic heterocycles. The van der Waals surface area contributed by atoms with Crippen molar-refractivity contribution < 1.29 is 9.21 Å². The molecule has 27 heavy (non-hydrogen) atoms. The number of rotatable bonds is 8. The summed E-state index contributed by atoms with van der Waals surface area (Å²) in [5.41, 5.74) is 0. The topological polar surface area (TPSA) is 73.1 Å². The van der Waals surface area contributed by atoms with Crippen LogP contribution < -0.4 is 10.6 Å². The molecule has 2 rings (SSSR count). The molecule has 1 aliphatic rings. The molecule has 0 saturated carbocycles. The van der Waals surface area contributed by atoms with Crippen LogP contribution in [0.5, 0.6) is 0 Å². The first-order valence-corrected chi connectivity index (χ1v) is 10.1. The highest BCUT2D eigenvalue weighted by atomic mass is 16.3. The summed E-state index contributed by atoms with van der Waals surface area (Å²) in [5, 5.41) is 6.51. The molecule has 1 unspecified atom stereocenters. The van der Waals surface area contributed by atoms with Gasteiger partial charge in [0.15, 0.2) is 5.96 Å². The second kappa shape index (κ2) is 11.0. The van der Waals surface area contributed by atoms with Crippen molar-refractivity contribution in [1.29, 1.82) is 0 Å². The largest absolute Gasteiger partial charge is 0.469 e. The van der Waals surface area contributed by atoms with Gasteiger partial charge in [0, 0.05) is 51.2 Å². The van der Waals surface area contributed by atoms with Crippen LogP contribution in [-0.2, 0) is 11.2 Å². The van der Waals surface area contributed by atoms with Crippen LogP contribution in [0.1, 0.15) is 39.9 Å². The SMILES string of the molecule is CCC(C)NC(=NCCc1ccco1)N1CCN(CC(=O)NC(C)C)CC1. The molecule has 152 valence electrons. The van der Waals surface area contributed by atoms with Gasteiger partial charge in [0.1, 0.15) is 5.76 Å². The molecule has 1 aromatic rings. The summed E-state index contributed by atoms with van der Waals surface area (Å²) in [6.07, 6.45) is 3.55. The summed E-state index contributed by atoms with van der Waals surface area (Å²) in [6, 6.07) is 4.46. The zero-order valence-corrected chi connectivity index (χ0v) is 17.2. The van der Waals surface area contributed by atoms with Crippen molar-refractivity contribution >= 4 is 11.9 Å². The summed E-state index contributed by atoms with van der Waals surface area (Å²) in [4.78, 5) is 21.3. The first-order valence-electron chi connectivity index (χ1n) is 10.1. The average molecular weight is 378 g/mol. The number of hydrogen-bond donors (Lipinski definition) is 2. The number of amides is 1. The van der Waals surface area contributed by atoms with Gasteiger partial charge in [0.05, 0.1) is 12.8 Å². The minimum Gasteiger partial charge on any atom is -0.469 e. The number of carbonyl (C=O) groups is 1. The molecule has 2 heterocycles. The molecule has 1 atom stereocenters. The van der Waals surface area contributed by atoms with Gasteiger partial charge in [-0.15, -0.1) is 0 Å². The third-order valence-electron chi connectivity index (χ3n) is 4.68. The maximum atomic E-state index is 12.0. The van der Waals surface area contributed by atoms with Crippen LogP contribution in [0.15, 0.2) is 27.8 Å². The Hall–Kier alpha value is -2.02. The third-order valence-corrected chi connectivity index (χ3v) is 4.68. The van der Waals surface area contributed by atoms with E-state index in [1.807, 2.05) is 26.0 Å². The van der Waals surface area contributed by atoms with Gasteiger partial charge in [-0.25, -0.2) is 0 Å². The molecule has 0 radical (unpaired) electrons. The highest BCUT2D eigenvalue weighted by molar-refractivity contribution is 5.80. The van der Waals surface area contributed by atoms with Gasteiger partial charge in [0.25, 0.3) is 0 Å². The summed E-state index contributed by atoms with van der Waals surface area (Å²) in [6.45, 7) is 13.0. The zero-order valence-electron chi connectivity index (χ0n) is 17.2. The van der Waals surface area contributed by atoms with Crippen LogP contribution in [0, 0.1) is 0 Å². The van der Waals surface area contributed by atoms with Crippen LogP contribution in [0.25, 0.3) is 0 Å². The zero-order chi connectivity index (χ0) is 19.6. The van der Waals surface area contributed by atoms with Crippen molar-refractivity contribution in [2.45, 2.75) is 52.6 Å². The molecule has 0 aromatic carbocycles. The Bertz CT molecular complexity index is 577. The van der Waals surface area contributed by atoms with E-state index >= 15 is 0 Å². The first-order chi connectivity index (χ1) is 13.0. The van der Waals surface area contributed by atoms with Crippen molar-refractivity contribution in [2.75, 3.05) is 39.3 Å². The lowest BCUT2D eigenvalue weighted by Gasteiger charge is -2.37. The molecule has 7 nitrogen and oxygen atoms in total. The van der Waals surface area contributed by atoms with Crippen molar-refractivity contribution in [3.05, 3.63) is 24.2 Å². The van der Waals surface area contributed by atoms with Gasteiger partial charge in [-0.05, 0) is 39.3 Å². The Kier molecular flexibility index (Phi) is 8.64. The van der Waals surface area contributed by atoms with Crippen LogP contribution in [0.2, 0.25) is 0 Å². The minimum atomic E-state index is 0.100. The summed E-state index contributed by atoms with van der Waals surface area (Å²) >= 11 is 0. The number of carbonyl (C=O) groups excluding carboxylic acids is 1. The summed E-state index contributed by atoms with van der Waals surface area (Å²) in [5.74, 6) is 2.02. The van der Waals surface area contributed by atoms with E-state index < -0.39 is 0 Å². The quantitative estimate of drug-likeness (QED) is 0.533. The number of hydrogen-bond acceptors (Lipinski definition) is 4. The minimum absolute atomic E-state index is 0.100. The highest BCUT2D eigenvalue weighted by Gasteiger charge is 2.22. The molecule has 7 heteroatoms. The molecule has 2 N–H and O–H groups in total. The van der Waals surface area contributed by atoms with Crippen LogP contribution >= 0.6 is 0 Å². The lowest BCUT2D eigenvalue weighted by atomic mass is 10.2. The van der Waals surface area contributed by atoms with E-state index in [0.717, 1.165) is 50.7 Å². The molecular weight excluding hydrogens is 342 g/mol. The standard InChI is InChI=1S/C20H35N5O2/c1-5-17(4)23-20(21-9-8-18-7-6-14-27-18)25-12-10-24(11-13-25)15-19(26)22-16(2)3/h6-7,14,16-17H,5,8-13,15H2,1-4H3,(H,21,23)(H,22,26). The van der Waals surface area contributed by atoms with E-state index in [1.54, 1.807) is 6.26 Å². The fraction of sp³-hybridized carbons (Fsp3) is 0.700. The van der Waals surface area contributed by atoms with Crippen molar-refractivity contribution in [1.82, 2.24) is 20.4 Å². The van der Waals surface area contributed by atoms with Gasteiger partial charge >= 0.3 is 0 Å². The Morgan fingerprint density at radius 2 is 1.96 bits per heavy atom. The number of furan rings is 1. The maximum Gasteiger partial charge on any atom is 0.234 e. The number of nitrogens with zero attached hydrogens (tertiary/aromatic N) is 3. The number of piperazine rings is 1. The number of guanidine groups is 1. The average Bonchev–Trinajstić information content (AvgIpc) is 3.14. The molecule has 1 saturated heterocycles. The summed E-state index contributed by atoms with van der Waals surface area (Å²) in [7, 11) is 0. The van der Waals surface area contributed by atoms with Gasteiger partial charge in [-0.1, -0.05) is 6.92 Å². The first kappa shape index (κ1) is 21.3. The summed E-state index contributed by atoms with van der Waals surface area (Å²) < 4.78 is 5.39. The lowest BCUT2D eigenvalue weighted by molar-refractivity contribution is -0.123. The number of aliphatic imine (C=N–C) groups is 1. The second-order valence-corrected chi connectivity index (χ2v) is 7.47. The monoisotopic (exact) mass is 377 g/mol. The number of nitrogens with one attached hydrogen (secondary N) is 2. The maximum absolute atomic E-state index is 12.0. The predicted octanol–water partition coefficient (Wildman–Crippen LogP) is 1.71. The van der Waals surface area contributed by atoms with Crippen molar-refractivity contribution in [2.24, 2.45) is 4.99 Å². The van der Waals surface area contributed by atoms with E-state index in [0.29, 0.717) is 19.1 Å². The van der Waals surface area contributed by atoms with Crippen LogP contribution in [0.3, 0.4) is 0 Å². The van der Waals surface area contributed by atoms with E-state index in [4.69, 9.17) is 9.41 Å². The highest BCUT2D eigenvalue weighted by Crippen LogP contribution is 2.05. The molecule has 1 amide bonds. The Morgan fingerprint density at radius 3 is 2.56 bits per heavy atom. The Morgan fingerprint density at radius 1 is 1.22 bits per heavy atom. The Balaban J connectivity index is 1.87.